The van der Waals surface area contributed by atoms with Crippen molar-refractivity contribution in [3.63, 3.8) is 0 Å². The van der Waals surface area contributed by atoms with Gasteiger partial charge in [0, 0.05) is 12.2 Å². The van der Waals surface area contributed by atoms with Crippen LogP contribution >= 0.6 is 0 Å². The molecule has 0 aliphatic heterocycles. The zero-order valence-electron chi connectivity index (χ0n) is 11.3. The van der Waals surface area contributed by atoms with Crippen LogP contribution in [-0.4, -0.2) is 15.0 Å². The first-order valence-corrected chi connectivity index (χ1v) is 7.97. The second-order valence-electron chi connectivity index (χ2n) is 4.40. The smallest absolute Gasteiger partial charge is 0.261 e. The third-order valence-corrected chi connectivity index (χ3v) is 4.24. The minimum absolute atomic E-state index is 0.265. The molecule has 0 atom stereocenters. The molecule has 0 radical (unpaired) electrons. The van der Waals surface area contributed by atoms with Gasteiger partial charge in [-0.05, 0) is 36.4 Å². The first kappa shape index (κ1) is 14.6. The normalized spacial score (nSPS) is 11.2. The number of sulfonamides is 1. The summed E-state index contributed by atoms with van der Waals surface area (Å²) in [4.78, 5) is 0.265. The van der Waals surface area contributed by atoms with E-state index >= 15 is 0 Å². The van der Waals surface area contributed by atoms with Crippen molar-refractivity contribution < 1.29 is 8.42 Å². The molecular weight excluding hydrogens is 272 g/mol. The Morgan fingerprint density at radius 2 is 1.60 bits per heavy atom. The van der Waals surface area contributed by atoms with Crippen molar-refractivity contribution in [1.29, 1.82) is 0 Å². The lowest BCUT2D eigenvalue weighted by Crippen LogP contribution is -2.14. The van der Waals surface area contributed by atoms with Gasteiger partial charge < -0.3 is 5.32 Å². The molecule has 106 valence electrons. The molecule has 0 bridgehead atoms. The third kappa shape index (κ3) is 3.82. The molecule has 20 heavy (non-hydrogen) atoms. The summed E-state index contributed by atoms with van der Waals surface area (Å²) < 4.78 is 27.0. The Balaban J connectivity index is 2.13. The number of rotatable bonds is 6. The highest BCUT2D eigenvalue weighted by Crippen LogP contribution is 2.16. The van der Waals surface area contributed by atoms with E-state index in [0.717, 1.165) is 18.7 Å². The monoisotopic (exact) mass is 290 g/mol. The van der Waals surface area contributed by atoms with Crippen LogP contribution < -0.4 is 10.0 Å². The summed E-state index contributed by atoms with van der Waals surface area (Å²) in [6.45, 7) is 3.65. The molecule has 0 spiro atoms. The Bertz CT molecular complexity index is 637. The number of hydrogen-bond acceptors (Lipinski definition) is 3. The quantitative estimate of drug-likeness (QED) is 0.859. The molecule has 0 fully saturated rings. The molecule has 2 rings (SSSR count). The zero-order valence-corrected chi connectivity index (χ0v) is 12.2. The highest BCUT2D eigenvalue weighted by atomic mass is 32.2. The molecule has 0 aliphatic rings. The molecule has 0 aliphatic carbocycles. The maximum absolute atomic E-state index is 12.2. The first-order valence-electron chi connectivity index (χ1n) is 6.49. The molecule has 0 saturated heterocycles. The zero-order chi connectivity index (χ0) is 14.4. The van der Waals surface area contributed by atoms with Crippen molar-refractivity contribution in [2.24, 2.45) is 0 Å². The first-order chi connectivity index (χ1) is 9.62. The summed E-state index contributed by atoms with van der Waals surface area (Å²) in [6.07, 6.45) is 0. The summed E-state index contributed by atoms with van der Waals surface area (Å²) in [5.74, 6) is 0. The Kier molecular flexibility index (Phi) is 4.76. The van der Waals surface area contributed by atoms with Crippen LogP contribution in [-0.2, 0) is 16.6 Å². The van der Waals surface area contributed by atoms with E-state index < -0.39 is 10.0 Å². The van der Waals surface area contributed by atoms with Gasteiger partial charge in [0.15, 0.2) is 0 Å². The number of benzene rings is 2. The minimum atomic E-state index is -3.52. The van der Waals surface area contributed by atoms with Gasteiger partial charge in [0.1, 0.15) is 0 Å². The lowest BCUT2D eigenvalue weighted by Gasteiger charge is -2.09. The lowest BCUT2D eigenvalue weighted by atomic mass is 10.2. The highest BCUT2D eigenvalue weighted by Gasteiger charge is 2.13. The highest BCUT2D eigenvalue weighted by molar-refractivity contribution is 7.92. The molecule has 0 unspecified atom stereocenters. The van der Waals surface area contributed by atoms with Crippen LogP contribution in [0.4, 0.5) is 5.69 Å². The van der Waals surface area contributed by atoms with E-state index in [4.69, 9.17) is 0 Å². The molecule has 2 aromatic rings. The summed E-state index contributed by atoms with van der Waals surface area (Å²) in [5, 5.41) is 3.20. The topological polar surface area (TPSA) is 58.2 Å². The van der Waals surface area contributed by atoms with E-state index in [1.165, 1.54) is 0 Å². The predicted molar refractivity (Wildman–Crippen MR) is 81.1 cm³/mol. The van der Waals surface area contributed by atoms with E-state index in [2.05, 4.69) is 10.0 Å². The SMILES string of the molecule is CCNCc1ccc(S(=O)(=O)Nc2ccccc2)cc1. The number of hydrogen-bond donors (Lipinski definition) is 2. The van der Waals surface area contributed by atoms with E-state index in [0.29, 0.717) is 5.69 Å². The van der Waals surface area contributed by atoms with Crippen LogP contribution in [0.5, 0.6) is 0 Å². The van der Waals surface area contributed by atoms with Gasteiger partial charge in [-0.25, -0.2) is 8.42 Å². The van der Waals surface area contributed by atoms with Crippen LogP contribution in [0.3, 0.4) is 0 Å². The Morgan fingerprint density at radius 3 is 2.20 bits per heavy atom. The Hall–Kier alpha value is -1.85. The molecule has 0 saturated carbocycles. The standard InChI is InChI=1S/C15H18N2O2S/c1-2-16-12-13-8-10-15(11-9-13)20(18,19)17-14-6-4-3-5-7-14/h3-11,16-17H,2,12H2,1H3. The van der Waals surface area contributed by atoms with Crippen molar-refractivity contribution in [3.8, 4) is 0 Å². The fourth-order valence-corrected chi connectivity index (χ4v) is 2.83. The second-order valence-corrected chi connectivity index (χ2v) is 6.08. The summed E-state index contributed by atoms with van der Waals surface area (Å²) in [5.41, 5.74) is 1.62. The van der Waals surface area contributed by atoms with Crippen molar-refractivity contribution in [3.05, 3.63) is 60.2 Å². The molecular formula is C15H18N2O2S. The van der Waals surface area contributed by atoms with Gasteiger partial charge in [0.05, 0.1) is 4.90 Å². The van der Waals surface area contributed by atoms with Crippen molar-refractivity contribution in [2.45, 2.75) is 18.4 Å². The van der Waals surface area contributed by atoms with Crippen molar-refractivity contribution >= 4 is 15.7 Å². The van der Waals surface area contributed by atoms with Crippen LogP contribution in [0, 0.1) is 0 Å². The van der Waals surface area contributed by atoms with Gasteiger partial charge in [0.25, 0.3) is 10.0 Å². The minimum Gasteiger partial charge on any atom is -0.313 e. The maximum atomic E-state index is 12.2. The lowest BCUT2D eigenvalue weighted by molar-refractivity contribution is 0.601. The Morgan fingerprint density at radius 1 is 0.950 bits per heavy atom. The molecule has 2 N–H and O–H groups in total. The summed E-state index contributed by atoms with van der Waals surface area (Å²) in [7, 11) is -3.52. The maximum Gasteiger partial charge on any atom is 0.261 e. The largest absolute Gasteiger partial charge is 0.313 e. The predicted octanol–water partition coefficient (Wildman–Crippen LogP) is 2.60. The van der Waals surface area contributed by atoms with E-state index in [9.17, 15) is 8.42 Å². The van der Waals surface area contributed by atoms with Gasteiger partial charge in [-0.3, -0.25) is 4.72 Å². The van der Waals surface area contributed by atoms with Crippen LogP contribution in [0.15, 0.2) is 59.5 Å². The van der Waals surface area contributed by atoms with Crippen molar-refractivity contribution in [1.82, 2.24) is 5.32 Å². The van der Waals surface area contributed by atoms with E-state index in [1.807, 2.05) is 25.1 Å². The fourth-order valence-electron chi connectivity index (χ4n) is 1.78. The third-order valence-electron chi connectivity index (χ3n) is 2.84. The average Bonchev–Trinajstić information content (AvgIpc) is 2.46. The number of para-hydroxylation sites is 1. The van der Waals surface area contributed by atoms with Crippen molar-refractivity contribution in [2.75, 3.05) is 11.3 Å². The summed E-state index contributed by atoms with van der Waals surface area (Å²) in [6, 6.07) is 15.7. The fraction of sp³-hybridized carbons (Fsp3) is 0.200. The second kappa shape index (κ2) is 6.54. The van der Waals surface area contributed by atoms with Crippen LogP contribution in [0.25, 0.3) is 0 Å². The molecule has 0 amide bonds. The van der Waals surface area contributed by atoms with Gasteiger partial charge in [0.2, 0.25) is 0 Å². The molecule has 0 heterocycles. The number of nitrogens with one attached hydrogen (secondary N) is 2. The molecule has 0 aromatic heterocycles. The summed E-state index contributed by atoms with van der Waals surface area (Å²) >= 11 is 0. The van der Waals surface area contributed by atoms with Gasteiger partial charge in [-0.2, -0.15) is 0 Å². The molecule has 4 nitrogen and oxygen atoms in total. The van der Waals surface area contributed by atoms with Gasteiger partial charge >= 0.3 is 0 Å². The Labute approximate surface area is 119 Å². The van der Waals surface area contributed by atoms with E-state index in [-0.39, 0.29) is 4.90 Å². The van der Waals surface area contributed by atoms with Gasteiger partial charge in [-0.1, -0.05) is 37.3 Å². The van der Waals surface area contributed by atoms with Crippen LogP contribution in [0.1, 0.15) is 12.5 Å². The molecule has 2 aromatic carbocycles. The number of anilines is 1. The van der Waals surface area contributed by atoms with Crippen LogP contribution in [0.2, 0.25) is 0 Å². The van der Waals surface area contributed by atoms with E-state index in [1.54, 1.807) is 36.4 Å². The van der Waals surface area contributed by atoms with Gasteiger partial charge in [-0.15, -0.1) is 0 Å². The average molecular weight is 290 g/mol. The molecule has 5 heteroatoms.